The van der Waals surface area contributed by atoms with Crippen LogP contribution in [-0.4, -0.2) is 6.61 Å². The Morgan fingerprint density at radius 1 is 0.711 bits per heavy atom. The largest absolute Gasteiger partial charge is 0.494 e. The predicted molar refractivity (Wildman–Crippen MR) is 163 cm³/mol. The lowest BCUT2D eigenvalue weighted by atomic mass is 9.70. The van der Waals surface area contributed by atoms with E-state index in [1.54, 1.807) is 0 Å². The summed E-state index contributed by atoms with van der Waals surface area (Å²) in [6, 6.07) is 11.7. The second-order valence-electron chi connectivity index (χ2n) is 12.9. The zero-order chi connectivity index (χ0) is 26.8. The Kier molecular flexibility index (Phi) is 15.3. The molecule has 0 N–H and O–H groups in total. The number of unbranched alkanes of at least 4 members (excludes halogenated alkanes) is 9. The fourth-order valence-corrected chi connectivity index (χ4v) is 7.27. The van der Waals surface area contributed by atoms with Crippen LogP contribution in [0.5, 0.6) is 5.75 Å². The van der Waals surface area contributed by atoms with Crippen LogP contribution in [0.15, 0.2) is 24.3 Å². The fraction of sp³-hybridized carbons (Fsp3) is 0.806. The molecule has 1 atom stereocenters. The number of nitrogens with zero attached hydrogens (tertiary/aromatic N) is 1. The minimum Gasteiger partial charge on any atom is -0.494 e. The van der Waals surface area contributed by atoms with Crippen molar-refractivity contribution >= 4 is 0 Å². The van der Waals surface area contributed by atoms with Gasteiger partial charge in [0.15, 0.2) is 0 Å². The first-order chi connectivity index (χ1) is 18.7. The van der Waals surface area contributed by atoms with E-state index in [1.165, 1.54) is 134 Å². The normalized spacial score (nSPS) is 24.6. The molecular weight excluding hydrogens is 462 g/mol. The van der Waals surface area contributed by atoms with Gasteiger partial charge in [0, 0.05) is 5.92 Å². The van der Waals surface area contributed by atoms with E-state index < -0.39 is 0 Å². The number of rotatable bonds is 18. The van der Waals surface area contributed by atoms with E-state index in [9.17, 15) is 5.26 Å². The highest BCUT2D eigenvalue weighted by Crippen LogP contribution is 2.43. The molecule has 1 aromatic rings. The van der Waals surface area contributed by atoms with Gasteiger partial charge in [-0.2, -0.15) is 5.26 Å². The molecule has 3 rings (SSSR count). The molecule has 0 aromatic heterocycles. The van der Waals surface area contributed by atoms with E-state index in [-0.39, 0.29) is 5.92 Å². The molecule has 0 amide bonds. The summed E-state index contributed by atoms with van der Waals surface area (Å²) < 4.78 is 5.97. The van der Waals surface area contributed by atoms with Crippen LogP contribution in [-0.2, 0) is 0 Å². The Bertz CT molecular complexity index is 749. The molecule has 0 radical (unpaired) electrons. The predicted octanol–water partition coefficient (Wildman–Crippen LogP) is 11.4. The molecule has 2 aliphatic rings. The molecule has 2 saturated carbocycles. The van der Waals surface area contributed by atoms with Gasteiger partial charge in [0.2, 0.25) is 0 Å². The van der Waals surface area contributed by atoms with Crippen molar-refractivity contribution in [3.8, 4) is 11.8 Å². The lowest BCUT2D eigenvalue weighted by Crippen LogP contribution is -2.24. The average molecular weight is 522 g/mol. The molecule has 214 valence electrons. The van der Waals surface area contributed by atoms with E-state index >= 15 is 0 Å². The lowest BCUT2D eigenvalue weighted by Gasteiger charge is -2.34. The zero-order valence-corrected chi connectivity index (χ0v) is 25.1. The maximum Gasteiger partial charge on any atom is 0.119 e. The van der Waals surface area contributed by atoms with Crippen molar-refractivity contribution in [2.75, 3.05) is 6.61 Å². The van der Waals surface area contributed by atoms with Gasteiger partial charge in [-0.05, 0) is 79.9 Å². The molecule has 0 spiro atoms. The van der Waals surface area contributed by atoms with E-state index in [1.807, 2.05) is 0 Å². The standard InChI is InChI=1S/C36H59NO/c1-3-5-7-9-10-12-14-30-15-17-31(18-16-30)28-35(29-37)34-21-19-32(20-22-34)33-23-25-36(26-24-33)38-27-13-11-8-6-4-2/h23-26,30-32,34-35H,3-22,27-28H2,1-2H3. The van der Waals surface area contributed by atoms with Gasteiger partial charge in [0.05, 0.1) is 12.7 Å². The van der Waals surface area contributed by atoms with Crippen LogP contribution in [0.4, 0.5) is 0 Å². The van der Waals surface area contributed by atoms with Crippen molar-refractivity contribution in [1.29, 1.82) is 5.26 Å². The summed E-state index contributed by atoms with van der Waals surface area (Å²) >= 11 is 0. The van der Waals surface area contributed by atoms with Crippen molar-refractivity contribution in [3.05, 3.63) is 29.8 Å². The lowest BCUT2D eigenvalue weighted by molar-refractivity contribution is 0.193. The van der Waals surface area contributed by atoms with Gasteiger partial charge in [0.1, 0.15) is 5.75 Å². The van der Waals surface area contributed by atoms with Crippen LogP contribution in [0, 0.1) is 35.0 Å². The van der Waals surface area contributed by atoms with Gasteiger partial charge in [-0.25, -0.2) is 0 Å². The highest BCUT2D eigenvalue weighted by Gasteiger charge is 2.31. The SMILES string of the molecule is CCCCCCCCC1CCC(CC(C#N)C2CCC(c3ccc(OCCCCCCC)cc3)CC2)CC1. The molecule has 1 aromatic carbocycles. The highest BCUT2D eigenvalue weighted by atomic mass is 16.5. The third-order valence-electron chi connectivity index (χ3n) is 9.89. The van der Waals surface area contributed by atoms with Crippen LogP contribution in [0.2, 0.25) is 0 Å². The second-order valence-corrected chi connectivity index (χ2v) is 12.9. The van der Waals surface area contributed by atoms with Crippen LogP contribution in [0.3, 0.4) is 0 Å². The van der Waals surface area contributed by atoms with E-state index in [4.69, 9.17) is 4.74 Å². The summed E-state index contributed by atoms with van der Waals surface area (Å²) in [5.41, 5.74) is 1.47. The Morgan fingerprint density at radius 2 is 1.29 bits per heavy atom. The average Bonchev–Trinajstić information content (AvgIpc) is 2.96. The Labute approximate surface area is 236 Å². The molecule has 0 saturated heterocycles. The monoisotopic (exact) mass is 521 g/mol. The van der Waals surface area contributed by atoms with Crippen molar-refractivity contribution in [1.82, 2.24) is 0 Å². The molecule has 0 heterocycles. The van der Waals surface area contributed by atoms with Gasteiger partial charge in [-0.15, -0.1) is 0 Å². The topological polar surface area (TPSA) is 33.0 Å². The van der Waals surface area contributed by atoms with Crippen LogP contribution in [0.1, 0.15) is 160 Å². The maximum atomic E-state index is 10.0. The van der Waals surface area contributed by atoms with Gasteiger partial charge < -0.3 is 4.74 Å². The Balaban J connectivity index is 1.31. The zero-order valence-electron chi connectivity index (χ0n) is 25.1. The Hall–Kier alpha value is -1.49. The molecule has 2 heteroatoms. The fourth-order valence-electron chi connectivity index (χ4n) is 7.27. The molecule has 2 nitrogen and oxygen atoms in total. The van der Waals surface area contributed by atoms with Crippen molar-refractivity contribution in [2.24, 2.45) is 23.7 Å². The summed E-state index contributed by atoms with van der Waals surface area (Å²) in [5, 5.41) is 10.0. The second kappa shape index (κ2) is 18.7. The number of ether oxygens (including phenoxy) is 1. The number of benzene rings is 1. The van der Waals surface area contributed by atoms with Gasteiger partial charge in [-0.1, -0.05) is 122 Å². The van der Waals surface area contributed by atoms with E-state index in [0.29, 0.717) is 11.8 Å². The smallest absolute Gasteiger partial charge is 0.119 e. The molecule has 0 bridgehead atoms. The molecular formula is C36H59NO. The van der Waals surface area contributed by atoms with E-state index in [2.05, 4.69) is 44.2 Å². The minimum atomic E-state index is 0.282. The summed E-state index contributed by atoms with van der Waals surface area (Å²) in [6.07, 6.45) is 28.1. The first-order valence-electron chi connectivity index (χ1n) is 16.9. The molecule has 0 aliphatic heterocycles. The maximum absolute atomic E-state index is 10.0. The number of hydrogen-bond acceptors (Lipinski definition) is 2. The minimum absolute atomic E-state index is 0.282. The van der Waals surface area contributed by atoms with Crippen LogP contribution >= 0.6 is 0 Å². The van der Waals surface area contributed by atoms with Gasteiger partial charge in [0.25, 0.3) is 0 Å². The van der Waals surface area contributed by atoms with E-state index in [0.717, 1.165) is 30.6 Å². The number of hydrogen-bond donors (Lipinski definition) is 0. The third kappa shape index (κ3) is 11.3. The van der Waals surface area contributed by atoms with Crippen LogP contribution in [0.25, 0.3) is 0 Å². The quantitative estimate of drug-likeness (QED) is 0.180. The first-order valence-corrected chi connectivity index (χ1v) is 16.9. The van der Waals surface area contributed by atoms with Crippen LogP contribution < -0.4 is 4.74 Å². The summed E-state index contributed by atoms with van der Waals surface area (Å²) in [5.74, 6) is 4.35. The summed E-state index contributed by atoms with van der Waals surface area (Å²) in [6.45, 7) is 5.40. The van der Waals surface area contributed by atoms with Crippen molar-refractivity contribution in [3.63, 3.8) is 0 Å². The molecule has 2 aliphatic carbocycles. The van der Waals surface area contributed by atoms with Crippen molar-refractivity contribution in [2.45, 2.75) is 155 Å². The summed E-state index contributed by atoms with van der Waals surface area (Å²) in [7, 11) is 0. The molecule has 2 fully saturated rings. The third-order valence-corrected chi connectivity index (χ3v) is 9.89. The van der Waals surface area contributed by atoms with Gasteiger partial charge in [-0.3, -0.25) is 0 Å². The molecule has 1 unspecified atom stereocenters. The van der Waals surface area contributed by atoms with Gasteiger partial charge >= 0.3 is 0 Å². The highest BCUT2D eigenvalue weighted by molar-refractivity contribution is 5.29. The summed E-state index contributed by atoms with van der Waals surface area (Å²) in [4.78, 5) is 0. The Morgan fingerprint density at radius 3 is 1.92 bits per heavy atom. The molecule has 38 heavy (non-hydrogen) atoms. The van der Waals surface area contributed by atoms with Crippen molar-refractivity contribution < 1.29 is 4.74 Å². The number of nitriles is 1. The first kappa shape index (κ1) is 31.0.